The maximum absolute atomic E-state index is 13.1. The Kier molecular flexibility index (Phi) is 4.93. The predicted octanol–water partition coefficient (Wildman–Crippen LogP) is 3.60. The largest absolute Gasteiger partial charge is 0.352 e. The van der Waals surface area contributed by atoms with Gasteiger partial charge in [0.15, 0.2) is 0 Å². The minimum atomic E-state index is -0.279. The molecule has 4 nitrogen and oxygen atoms in total. The zero-order valence-electron chi connectivity index (χ0n) is 14.3. The molecule has 5 heteroatoms. The van der Waals surface area contributed by atoms with Gasteiger partial charge in [-0.25, -0.2) is 4.39 Å². The molecule has 3 aromatic rings. The van der Waals surface area contributed by atoms with Crippen molar-refractivity contribution >= 4 is 5.91 Å². The minimum Gasteiger partial charge on any atom is -0.352 e. The zero-order chi connectivity index (χ0) is 17.8. The molecule has 1 aromatic carbocycles. The fraction of sp³-hybridized carbons (Fsp3) is 0.200. The molecule has 0 saturated heterocycles. The summed E-state index contributed by atoms with van der Waals surface area (Å²) in [6.45, 7) is 4.35. The molecule has 2 aromatic heterocycles. The molecule has 0 spiro atoms. The van der Waals surface area contributed by atoms with Gasteiger partial charge in [0.25, 0.3) is 5.91 Å². The van der Waals surface area contributed by atoms with Gasteiger partial charge < -0.3 is 9.88 Å². The predicted molar refractivity (Wildman–Crippen MR) is 95.5 cm³/mol. The standard InChI is InChI=1S/C20H20FN3O/c1-14-13-19(15(2)24(14)18-8-6-16(21)7-9-18)20(25)23-12-10-17-5-3-4-11-22-17/h3-9,11,13H,10,12H2,1-2H3,(H,23,25). The normalized spacial score (nSPS) is 10.7. The Hall–Kier alpha value is -2.95. The van der Waals surface area contributed by atoms with Crippen LogP contribution in [0.1, 0.15) is 27.4 Å². The van der Waals surface area contributed by atoms with Crippen LogP contribution in [0.2, 0.25) is 0 Å². The Morgan fingerprint density at radius 2 is 1.92 bits per heavy atom. The van der Waals surface area contributed by atoms with Gasteiger partial charge in [-0.15, -0.1) is 0 Å². The molecule has 1 amide bonds. The van der Waals surface area contributed by atoms with E-state index in [4.69, 9.17) is 0 Å². The van der Waals surface area contributed by atoms with E-state index in [0.717, 1.165) is 22.8 Å². The average Bonchev–Trinajstić information content (AvgIpc) is 2.91. The monoisotopic (exact) mass is 337 g/mol. The summed E-state index contributed by atoms with van der Waals surface area (Å²) in [5, 5.41) is 2.94. The molecule has 0 atom stereocenters. The zero-order valence-corrected chi connectivity index (χ0v) is 14.3. The van der Waals surface area contributed by atoms with Crippen molar-refractivity contribution in [3.63, 3.8) is 0 Å². The second kappa shape index (κ2) is 7.30. The first-order valence-corrected chi connectivity index (χ1v) is 8.19. The van der Waals surface area contributed by atoms with E-state index in [9.17, 15) is 9.18 Å². The summed E-state index contributed by atoms with van der Waals surface area (Å²) in [4.78, 5) is 16.7. The van der Waals surface area contributed by atoms with Gasteiger partial charge in [0, 0.05) is 41.9 Å². The van der Waals surface area contributed by atoms with E-state index in [1.54, 1.807) is 18.3 Å². The molecule has 25 heavy (non-hydrogen) atoms. The summed E-state index contributed by atoms with van der Waals surface area (Å²) in [7, 11) is 0. The van der Waals surface area contributed by atoms with Gasteiger partial charge >= 0.3 is 0 Å². The molecule has 0 aliphatic heterocycles. The van der Waals surface area contributed by atoms with Gasteiger partial charge in [-0.2, -0.15) is 0 Å². The molecule has 0 aliphatic carbocycles. The van der Waals surface area contributed by atoms with Crippen LogP contribution in [0.4, 0.5) is 4.39 Å². The first-order valence-electron chi connectivity index (χ1n) is 8.19. The maximum atomic E-state index is 13.1. The van der Waals surface area contributed by atoms with Gasteiger partial charge in [0.1, 0.15) is 5.82 Å². The number of rotatable bonds is 5. The lowest BCUT2D eigenvalue weighted by Gasteiger charge is -2.10. The van der Waals surface area contributed by atoms with Crippen molar-refractivity contribution in [2.75, 3.05) is 6.54 Å². The topological polar surface area (TPSA) is 46.9 Å². The van der Waals surface area contributed by atoms with Crippen LogP contribution >= 0.6 is 0 Å². The number of halogens is 1. The summed E-state index contributed by atoms with van der Waals surface area (Å²) < 4.78 is 15.1. The van der Waals surface area contributed by atoms with Crippen LogP contribution in [0.5, 0.6) is 0 Å². The van der Waals surface area contributed by atoms with E-state index in [2.05, 4.69) is 10.3 Å². The molecular formula is C20H20FN3O. The third kappa shape index (κ3) is 3.76. The molecule has 2 heterocycles. The van der Waals surface area contributed by atoms with Crippen LogP contribution in [0, 0.1) is 19.7 Å². The van der Waals surface area contributed by atoms with Crippen molar-refractivity contribution in [2.24, 2.45) is 0 Å². The smallest absolute Gasteiger partial charge is 0.253 e. The number of hydrogen-bond donors (Lipinski definition) is 1. The number of nitrogens with one attached hydrogen (secondary N) is 1. The van der Waals surface area contributed by atoms with E-state index >= 15 is 0 Å². The third-order valence-electron chi connectivity index (χ3n) is 4.15. The Bertz CT molecular complexity index is 870. The number of carbonyl (C=O) groups excluding carboxylic acids is 1. The van der Waals surface area contributed by atoms with Crippen molar-refractivity contribution in [3.8, 4) is 5.69 Å². The molecule has 1 N–H and O–H groups in total. The maximum Gasteiger partial charge on any atom is 0.253 e. The number of carbonyl (C=O) groups is 1. The van der Waals surface area contributed by atoms with Crippen molar-refractivity contribution in [2.45, 2.75) is 20.3 Å². The van der Waals surface area contributed by atoms with Crippen LogP contribution in [0.25, 0.3) is 5.69 Å². The quantitative estimate of drug-likeness (QED) is 0.773. The first-order chi connectivity index (χ1) is 12.1. The molecule has 0 saturated carbocycles. The Morgan fingerprint density at radius 3 is 2.60 bits per heavy atom. The van der Waals surface area contributed by atoms with Crippen molar-refractivity contribution in [3.05, 3.63) is 83.2 Å². The number of pyridine rings is 1. The Morgan fingerprint density at radius 1 is 1.16 bits per heavy atom. The molecule has 0 aliphatic rings. The van der Waals surface area contributed by atoms with Crippen LogP contribution < -0.4 is 5.32 Å². The lowest BCUT2D eigenvalue weighted by Crippen LogP contribution is -2.26. The van der Waals surface area contributed by atoms with Gasteiger partial charge in [-0.3, -0.25) is 9.78 Å². The van der Waals surface area contributed by atoms with Crippen LogP contribution in [0.15, 0.2) is 54.7 Å². The molecule has 0 fully saturated rings. The van der Waals surface area contributed by atoms with Crippen molar-refractivity contribution in [1.82, 2.24) is 14.9 Å². The molecule has 0 unspecified atom stereocenters. The van der Waals surface area contributed by atoms with Crippen LogP contribution in [-0.4, -0.2) is 22.0 Å². The first kappa shape index (κ1) is 16.9. The summed E-state index contributed by atoms with van der Waals surface area (Å²) in [6, 6.07) is 13.8. The second-order valence-corrected chi connectivity index (χ2v) is 5.92. The van der Waals surface area contributed by atoms with Gasteiger partial charge in [0.2, 0.25) is 0 Å². The lowest BCUT2D eigenvalue weighted by molar-refractivity contribution is 0.0953. The fourth-order valence-electron chi connectivity index (χ4n) is 2.93. The number of nitrogens with zero attached hydrogens (tertiary/aromatic N) is 2. The average molecular weight is 337 g/mol. The number of benzene rings is 1. The van der Waals surface area contributed by atoms with E-state index in [1.807, 2.05) is 42.7 Å². The second-order valence-electron chi connectivity index (χ2n) is 5.92. The molecule has 0 radical (unpaired) electrons. The summed E-state index contributed by atoms with van der Waals surface area (Å²) in [5.74, 6) is -0.393. The highest BCUT2D eigenvalue weighted by Gasteiger charge is 2.16. The van der Waals surface area contributed by atoms with Crippen molar-refractivity contribution in [1.29, 1.82) is 0 Å². The highest BCUT2D eigenvalue weighted by molar-refractivity contribution is 5.95. The molecule has 128 valence electrons. The third-order valence-corrected chi connectivity index (χ3v) is 4.15. The highest BCUT2D eigenvalue weighted by Crippen LogP contribution is 2.21. The van der Waals surface area contributed by atoms with E-state index < -0.39 is 0 Å². The number of hydrogen-bond acceptors (Lipinski definition) is 2. The summed E-state index contributed by atoms with van der Waals surface area (Å²) in [5.41, 5.74) is 4.17. The van der Waals surface area contributed by atoms with Gasteiger partial charge in [-0.05, 0) is 56.3 Å². The SMILES string of the molecule is Cc1cc(C(=O)NCCc2ccccn2)c(C)n1-c1ccc(F)cc1. The number of amides is 1. The Labute approximate surface area is 146 Å². The highest BCUT2D eigenvalue weighted by atomic mass is 19.1. The molecule has 3 rings (SSSR count). The summed E-state index contributed by atoms with van der Waals surface area (Å²) in [6.07, 6.45) is 2.43. The van der Waals surface area contributed by atoms with E-state index in [1.165, 1.54) is 12.1 Å². The lowest BCUT2D eigenvalue weighted by atomic mass is 10.2. The van der Waals surface area contributed by atoms with Crippen LogP contribution in [0.3, 0.4) is 0 Å². The van der Waals surface area contributed by atoms with Crippen molar-refractivity contribution < 1.29 is 9.18 Å². The number of aromatic nitrogens is 2. The summed E-state index contributed by atoms with van der Waals surface area (Å²) >= 11 is 0. The number of aryl methyl sites for hydroxylation is 1. The Balaban J connectivity index is 1.73. The molecule has 0 bridgehead atoms. The van der Waals surface area contributed by atoms with E-state index in [0.29, 0.717) is 18.5 Å². The van der Waals surface area contributed by atoms with Gasteiger partial charge in [0.05, 0.1) is 5.56 Å². The van der Waals surface area contributed by atoms with E-state index in [-0.39, 0.29) is 11.7 Å². The fourth-order valence-corrected chi connectivity index (χ4v) is 2.93. The molecular weight excluding hydrogens is 317 g/mol. The minimum absolute atomic E-state index is 0.114. The van der Waals surface area contributed by atoms with Gasteiger partial charge in [-0.1, -0.05) is 6.07 Å². The van der Waals surface area contributed by atoms with Crippen LogP contribution in [-0.2, 0) is 6.42 Å².